The highest BCUT2D eigenvalue weighted by Gasteiger charge is 2.21. The van der Waals surface area contributed by atoms with Crippen LogP contribution in [-0.2, 0) is 6.54 Å². The zero-order chi connectivity index (χ0) is 13.8. The minimum atomic E-state index is 0.458. The predicted molar refractivity (Wildman–Crippen MR) is 81.5 cm³/mol. The molecule has 3 nitrogen and oxygen atoms in total. The van der Waals surface area contributed by atoms with Gasteiger partial charge < -0.3 is 10.2 Å². The van der Waals surface area contributed by atoms with E-state index in [1.807, 2.05) is 19.2 Å². The van der Waals surface area contributed by atoms with E-state index in [0.29, 0.717) is 6.04 Å². The first kappa shape index (κ1) is 14.1. The van der Waals surface area contributed by atoms with Crippen molar-refractivity contribution in [2.75, 3.05) is 11.4 Å². The lowest BCUT2D eigenvalue weighted by molar-refractivity contribution is 0.671. The van der Waals surface area contributed by atoms with Crippen LogP contribution in [0.1, 0.15) is 37.9 Å². The van der Waals surface area contributed by atoms with E-state index >= 15 is 0 Å². The van der Waals surface area contributed by atoms with Crippen LogP contribution in [0.3, 0.4) is 0 Å². The van der Waals surface area contributed by atoms with Gasteiger partial charge in [0.1, 0.15) is 0 Å². The SMILES string of the molecule is C=CCN(c1cc(C)ncc1CNC1CC1)C(C)C. The van der Waals surface area contributed by atoms with Crippen molar-refractivity contribution in [2.45, 2.75) is 52.2 Å². The van der Waals surface area contributed by atoms with Crippen LogP contribution in [0, 0.1) is 6.92 Å². The van der Waals surface area contributed by atoms with E-state index in [-0.39, 0.29) is 0 Å². The topological polar surface area (TPSA) is 28.2 Å². The molecule has 0 aromatic carbocycles. The van der Waals surface area contributed by atoms with Crippen molar-refractivity contribution >= 4 is 5.69 Å². The third-order valence-corrected chi connectivity index (χ3v) is 3.52. The van der Waals surface area contributed by atoms with Crippen molar-refractivity contribution < 1.29 is 0 Å². The van der Waals surface area contributed by atoms with Crippen molar-refractivity contribution in [3.63, 3.8) is 0 Å². The summed E-state index contributed by atoms with van der Waals surface area (Å²) in [5.74, 6) is 0. The fourth-order valence-electron chi connectivity index (χ4n) is 2.25. The molecule has 1 aromatic rings. The minimum absolute atomic E-state index is 0.458. The Hall–Kier alpha value is -1.35. The summed E-state index contributed by atoms with van der Waals surface area (Å²) in [5.41, 5.74) is 3.64. The maximum atomic E-state index is 4.45. The smallest absolute Gasteiger partial charge is 0.0450 e. The first-order valence-electron chi connectivity index (χ1n) is 7.18. The Morgan fingerprint density at radius 3 is 2.84 bits per heavy atom. The molecule has 3 heteroatoms. The van der Waals surface area contributed by atoms with Crippen molar-refractivity contribution in [1.29, 1.82) is 0 Å². The third-order valence-electron chi connectivity index (χ3n) is 3.52. The maximum absolute atomic E-state index is 4.45. The number of anilines is 1. The normalized spacial score (nSPS) is 14.7. The summed E-state index contributed by atoms with van der Waals surface area (Å²) < 4.78 is 0. The number of aromatic nitrogens is 1. The van der Waals surface area contributed by atoms with Gasteiger partial charge in [-0.15, -0.1) is 6.58 Å². The van der Waals surface area contributed by atoms with Gasteiger partial charge in [-0.1, -0.05) is 6.08 Å². The lowest BCUT2D eigenvalue weighted by Crippen LogP contribution is -2.32. The summed E-state index contributed by atoms with van der Waals surface area (Å²) in [4.78, 5) is 6.83. The molecule has 0 amide bonds. The van der Waals surface area contributed by atoms with Crippen LogP contribution in [0.4, 0.5) is 5.69 Å². The Kier molecular flexibility index (Phi) is 4.59. The molecule has 19 heavy (non-hydrogen) atoms. The molecule has 0 saturated heterocycles. The molecule has 1 heterocycles. The second kappa shape index (κ2) is 6.20. The molecule has 0 atom stereocenters. The Balaban J connectivity index is 2.22. The van der Waals surface area contributed by atoms with E-state index in [4.69, 9.17) is 0 Å². The highest BCUT2D eigenvalue weighted by atomic mass is 15.2. The van der Waals surface area contributed by atoms with Gasteiger partial charge in [-0.25, -0.2) is 0 Å². The molecular weight excluding hydrogens is 234 g/mol. The second-order valence-electron chi connectivity index (χ2n) is 5.64. The largest absolute Gasteiger partial charge is 0.365 e. The number of hydrogen-bond donors (Lipinski definition) is 1. The van der Waals surface area contributed by atoms with Crippen molar-refractivity contribution in [3.8, 4) is 0 Å². The summed E-state index contributed by atoms with van der Waals surface area (Å²) in [6.07, 6.45) is 6.61. The molecule has 1 N–H and O–H groups in total. The van der Waals surface area contributed by atoms with E-state index in [1.165, 1.54) is 24.1 Å². The van der Waals surface area contributed by atoms with E-state index in [1.54, 1.807) is 0 Å². The quantitative estimate of drug-likeness (QED) is 0.763. The summed E-state index contributed by atoms with van der Waals surface area (Å²) in [7, 11) is 0. The lowest BCUT2D eigenvalue weighted by atomic mass is 10.1. The molecule has 1 fully saturated rings. The Labute approximate surface area is 116 Å². The number of pyridine rings is 1. The van der Waals surface area contributed by atoms with Gasteiger partial charge in [0.2, 0.25) is 0 Å². The molecule has 0 aliphatic heterocycles. The fraction of sp³-hybridized carbons (Fsp3) is 0.562. The molecule has 2 rings (SSSR count). The number of nitrogens with one attached hydrogen (secondary N) is 1. The van der Waals surface area contributed by atoms with Crippen molar-refractivity contribution in [1.82, 2.24) is 10.3 Å². The summed E-state index contributed by atoms with van der Waals surface area (Å²) >= 11 is 0. The zero-order valence-corrected chi connectivity index (χ0v) is 12.3. The van der Waals surface area contributed by atoms with E-state index < -0.39 is 0 Å². The molecule has 0 unspecified atom stereocenters. The van der Waals surface area contributed by atoms with E-state index in [9.17, 15) is 0 Å². The molecule has 0 radical (unpaired) electrons. The predicted octanol–water partition coefficient (Wildman–Crippen LogP) is 3.04. The Bertz CT molecular complexity index is 436. The van der Waals surface area contributed by atoms with Gasteiger partial charge >= 0.3 is 0 Å². The highest BCUT2D eigenvalue weighted by Crippen LogP contribution is 2.25. The average Bonchev–Trinajstić information content (AvgIpc) is 3.18. The average molecular weight is 259 g/mol. The van der Waals surface area contributed by atoms with Gasteiger partial charge in [-0.2, -0.15) is 0 Å². The second-order valence-corrected chi connectivity index (χ2v) is 5.64. The molecular formula is C16H25N3. The monoisotopic (exact) mass is 259 g/mol. The maximum Gasteiger partial charge on any atom is 0.0450 e. The highest BCUT2D eigenvalue weighted by molar-refractivity contribution is 5.54. The molecule has 1 aliphatic carbocycles. The van der Waals surface area contributed by atoms with Crippen LogP contribution < -0.4 is 10.2 Å². The van der Waals surface area contributed by atoms with Crippen LogP contribution in [0.25, 0.3) is 0 Å². The minimum Gasteiger partial charge on any atom is -0.365 e. The summed E-state index contributed by atoms with van der Waals surface area (Å²) in [6, 6.07) is 3.37. The lowest BCUT2D eigenvalue weighted by Gasteiger charge is -2.30. The third kappa shape index (κ3) is 3.80. The van der Waals surface area contributed by atoms with Crippen molar-refractivity contribution in [3.05, 3.63) is 36.2 Å². The molecule has 1 aliphatic rings. The fourth-order valence-corrected chi connectivity index (χ4v) is 2.25. The van der Waals surface area contributed by atoms with Gasteiger partial charge in [0, 0.05) is 48.3 Å². The van der Waals surface area contributed by atoms with Crippen LogP contribution in [-0.4, -0.2) is 23.6 Å². The first-order chi connectivity index (χ1) is 9.11. The van der Waals surface area contributed by atoms with Crippen molar-refractivity contribution in [2.24, 2.45) is 0 Å². The van der Waals surface area contributed by atoms with E-state index in [2.05, 4.69) is 41.7 Å². The van der Waals surface area contributed by atoms with Gasteiger partial charge in [0.05, 0.1) is 0 Å². The molecule has 1 saturated carbocycles. The Morgan fingerprint density at radius 1 is 1.53 bits per heavy atom. The number of rotatable bonds is 7. The molecule has 0 bridgehead atoms. The van der Waals surface area contributed by atoms with E-state index in [0.717, 1.165) is 24.8 Å². The zero-order valence-electron chi connectivity index (χ0n) is 12.3. The summed E-state index contributed by atoms with van der Waals surface area (Å²) in [5, 5.41) is 3.58. The van der Waals surface area contributed by atoms with Gasteiger partial charge in [-0.3, -0.25) is 4.98 Å². The van der Waals surface area contributed by atoms with Gasteiger partial charge in [0.15, 0.2) is 0 Å². The molecule has 1 aromatic heterocycles. The number of aryl methyl sites for hydroxylation is 1. The first-order valence-corrected chi connectivity index (χ1v) is 7.18. The number of nitrogens with zero attached hydrogens (tertiary/aromatic N) is 2. The van der Waals surface area contributed by atoms with Crippen LogP contribution >= 0.6 is 0 Å². The molecule has 104 valence electrons. The number of hydrogen-bond acceptors (Lipinski definition) is 3. The van der Waals surface area contributed by atoms with Gasteiger partial charge in [-0.05, 0) is 39.7 Å². The van der Waals surface area contributed by atoms with Crippen LogP contribution in [0.2, 0.25) is 0 Å². The van der Waals surface area contributed by atoms with Gasteiger partial charge in [0.25, 0.3) is 0 Å². The van der Waals surface area contributed by atoms with Crippen LogP contribution in [0.5, 0.6) is 0 Å². The van der Waals surface area contributed by atoms with Crippen LogP contribution in [0.15, 0.2) is 24.9 Å². The Morgan fingerprint density at radius 2 is 2.26 bits per heavy atom. The standard InChI is InChI=1S/C16H25N3/c1-5-8-19(12(2)3)16-9-13(4)17-10-14(16)11-18-15-6-7-15/h5,9-10,12,15,18H,1,6-8,11H2,2-4H3. The molecule has 0 spiro atoms. The summed E-state index contributed by atoms with van der Waals surface area (Å²) in [6.45, 7) is 12.1.